The van der Waals surface area contributed by atoms with Crippen LogP contribution < -0.4 is 9.64 Å². The smallest absolute Gasteiger partial charge is 0.253 e. The fraction of sp³-hybridized carbons (Fsp3) is 0.391. The molecule has 2 heterocycles. The van der Waals surface area contributed by atoms with Gasteiger partial charge in [-0.3, -0.25) is 14.5 Å². The monoisotopic (exact) mass is 393 g/mol. The van der Waals surface area contributed by atoms with Crippen molar-refractivity contribution in [3.63, 3.8) is 0 Å². The van der Waals surface area contributed by atoms with Crippen molar-refractivity contribution in [3.8, 4) is 5.75 Å². The molecule has 152 valence electrons. The maximum atomic E-state index is 12.8. The molecule has 2 saturated heterocycles. The Balaban J connectivity index is 1.31. The minimum atomic E-state index is 0.0633. The second-order valence-electron chi connectivity index (χ2n) is 7.61. The van der Waals surface area contributed by atoms with Crippen LogP contribution in [0.15, 0.2) is 48.5 Å². The van der Waals surface area contributed by atoms with Crippen LogP contribution in [0.2, 0.25) is 0 Å². The molecule has 2 aliphatic rings. The molecule has 0 bridgehead atoms. The third-order valence-corrected chi connectivity index (χ3v) is 5.72. The maximum Gasteiger partial charge on any atom is 0.253 e. The Morgan fingerprint density at radius 2 is 1.62 bits per heavy atom. The number of piperazine rings is 1. The number of ether oxygens (including phenoxy) is 1. The first kappa shape index (κ1) is 19.5. The SMILES string of the molecule is COc1ccc(CN2CCN(C(=O)c3ccc(N4CCCC4=O)cc3)CC2)cc1. The molecule has 29 heavy (non-hydrogen) atoms. The van der Waals surface area contributed by atoms with Crippen LogP contribution >= 0.6 is 0 Å². The number of nitrogens with zero attached hydrogens (tertiary/aromatic N) is 3. The summed E-state index contributed by atoms with van der Waals surface area (Å²) in [5.41, 5.74) is 2.81. The van der Waals surface area contributed by atoms with E-state index in [0.717, 1.165) is 57.1 Å². The summed E-state index contributed by atoms with van der Waals surface area (Å²) in [5, 5.41) is 0. The Kier molecular flexibility index (Phi) is 5.81. The van der Waals surface area contributed by atoms with E-state index in [4.69, 9.17) is 4.74 Å². The molecule has 0 N–H and O–H groups in total. The van der Waals surface area contributed by atoms with Gasteiger partial charge in [0.2, 0.25) is 5.91 Å². The van der Waals surface area contributed by atoms with Crippen LogP contribution in [-0.2, 0) is 11.3 Å². The second kappa shape index (κ2) is 8.66. The number of carbonyl (C=O) groups is 2. The van der Waals surface area contributed by atoms with Crippen LogP contribution in [0.5, 0.6) is 5.75 Å². The molecule has 0 atom stereocenters. The topological polar surface area (TPSA) is 53.1 Å². The van der Waals surface area contributed by atoms with Gasteiger partial charge in [0, 0.05) is 56.9 Å². The van der Waals surface area contributed by atoms with Gasteiger partial charge in [-0.1, -0.05) is 12.1 Å². The van der Waals surface area contributed by atoms with Gasteiger partial charge < -0.3 is 14.5 Å². The Morgan fingerprint density at radius 3 is 2.21 bits per heavy atom. The molecular weight excluding hydrogens is 366 g/mol. The number of carbonyl (C=O) groups excluding carboxylic acids is 2. The number of anilines is 1. The van der Waals surface area contributed by atoms with E-state index >= 15 is 0 Å². The summed E-state index contributed by atoms with van der Waals surface area (Å²) in [4.78, 5) is 30.8. The molecule has 0 aromatic heterocycles. The molecule has 6 nitrogen and oxygen atoms in total. The van der Waals surface area contributed by atoms with E-state index in [2.05, 4.69) is 17.0 Å². The lowest BCUT2D eigenvalue weighted by Crippen LogP contribution is -2.48. The van der Waals surface area contributed by atoms with Crippen molar-refractivity contribution in [3.05, 3.63) is 59.7 Å². The van der Waals surface area contributed by atoms with Crippen LogP contribution in [-0.4, -0.2) is 61.4 Å². The first-order chi connectivity index (χ1) is 14.1. The zero-order chi connectivity index (χ0) is 20.2. The van der Waals surface area contributed by atoms with Gasteiger partial charge in [0.05, 0.1) is 7.11 Å². The van der Waals surface area contributed by atoms with Gasteiger partial charge in [0.15, 0.2) is 0 Å². The number of benzene rings is 2. The van der Waals surface area contributed by atoms with E-state index in [-0.39, 0.29) is 11.8 Å². The standard InChI is InChI=1S/C23H27N3O3/c1-29-21-10-4-18(5-11-21)17-24-13-15-25(16-14-24)23(28)19-6-8-20(9-7-19)26-12-2-3-22(26)27/h4-11H,2-3,12-17H2,1H3. The number of hydrogen-bond acceptors (Lipinski definition) is 4. The number of hydrogen-bond donors (Lipinski definition) is 0. The largest absolute Gasteiger partial charge is 0.497 e. The third kappa shape index (κ3) is 4.43. The molecular formula is C23H27N3O3. The van der Waals surface area contributed by atoms with Gasteiger partial charge in [-0.2, -0.15) is 0 Å². The van der Waals surface area contributed by atoms with Crippen LogP contribution in [0.3, 0.4) is 0 Å². The molecule has 0 saturated carbocycles. The fourth-order valence-corrected chi connectivity index (χ4v) is 3.99. The van der Waals surface area contributed by atoms with Crippen molar-refractivity contribution in [2.75, 3.05) is 44.7 Å². The first-order valence-electron chi connectivity index (χ1n) is 10.2. The predicted molar refractivity (Wildman–Crippen MR) is 112 cm³/mol. The van der Waals surface area contributed by atoms with Crippen LogP contribution in [0.25, 0.3) is 0 Å². The highest BCUT2D eigenvalue weighted by molar-refractivity contribution is 5.97. The minimum Gasteiger partial charge on any atom is -0.497 e. The van der Waals surface area contributed by atoms with Crippen molar-refractivity contribution < 1.29 is 14.3 Å². The summed E-state index contributed by atoms with van der Waals surface area (Å²) in [6.07, 6.45) is 1.52. The molecule has 6 heteroatoms. The van der Waals surface area contributed by atoms with E-state index in [9.17, 15) is 9.59 Å². The van der Waals surface area contributed by atoms with Crippen molar-refractivity contribution in [2.45, 2.75) is 19.4 Å². The van der Waals surface area contributed by atoms with Crippen molar-refractivity contribution in [2.24, 2.45) is 0 Å². The average molecular weight is 393 g/mol. The highest BCUT2D eigenvalue weighted by atomic mass is 16.5. The van der Waals surface area contributed by atoms with E-state index in [1.807, 2.05) is 41.3 Å². The molecule has 0 spiro atoms. The van der Waals surface area contributed by atoms with Crippen molar-refractivity contribution >= 4 is 17.5 Å². The van der Waals surface area contributed by atoms with E-state index in [1.165, 1.54) is 5.56 Å². The van der Waals surface area contributed by atoms with Gasteiger partial charge >= 0.3 is 0 Å². The fourth-order valence-electron chi connectivity index (χ4n) is 3.99. The lowest BCUT2D eigenvalue weighted by molar-refractivity contribution is -0.117. The summed E-state index contributed by atoms with van der Waals surface area (Å²) >= 11 is 0. The number of rotatable bonds is 5. The highest BCUT2D eigenvalue weighted by Crippen LogP contribution is 2.22. The van der Waals surface area contributed by atoms with Crippen molar-refractivity contribution in [1.82, 2.24) is 9.80 Å². The molecule has 2 aromatic carbocycles. The van der Waals surface area contributed by atoms with Gasteiger partial charge in [0.25, 0.3) is 5.91 Å². The van der Waals surface area contributed by atoms with E-state index < -0.39 is 0 Å². The van der Waals surface area contributed by atoms with Gasteiger partial charge in [-0.15, -0.1) is 0 Å². The molecule has 2 fully saturated rings. The lowest BCUT2D eigenvalue weighted by atomic mass is 10.1. The highest BCUT2D eigenvalue weighted by Gasteiger charge is 2.24. The number of amides is 2. The Bertz CT molecular complexity index is 856. The molecule has 0 radical (unpaired) electrons. The summed E-state index contributed by atoms with van der Waals surface area (Å²) in [7, 11) is 1.67. The Hall–Kier alpha value is -2.86. The zero-order valence-corrected chi connectivity index (χ0v) is 16.8. The van der Waals surface area contributed by atoms with Crippen LogP contribution in [0, 0.1) is 0 Å². The summed E-state index contributed by atoms with van der Waals surface area (Å²) in [5.74, 6) is 1.09. The summed E-state index contributed by atoms with van der Waals surface area (Å²) < 4.78 is 5.21. The maximum absolute atomic E-state index is 12.8. The molecule has 2 amide bonds. The molecule has 4 rings (SSSR count). The Morgan fingerprint density at radius 1 is 0.931 bits per heavy atom. The van der Waals surface area contributed by atoms with Crippen molar-refractivity contribution in [1.29, 1.82) is 0 Å². The third-order valence-electron chi connectivity index (χ3n) is 5.72. The first-order valence-corrected chi connectivity index (χ1v) is 10.2. The normalized spacial score (nSPS) is 17.6. The van der Waals surface area contributed by atoms with Gasteiger partial charge in [-0.05, 0) is 48.4 Å². The molecule has 0 unspecified atom stereocenters. The van der Waals surface area contributed by atoms with Crippen LogP contribution in [0.1, 0.15) is 28.8 Å². The Labute approximate surface area is 171 Å². The molecule has 0 aliphatic carbocycles. The van der Waals surface area contributed by atoms with Gasteiger partial charge in [-0.25, -0.2) is 0 Å². The molecule has 2 aromatic rings. The lowest BCUT2D eigenvalue weighted by Gasteiger charge is -2.35. The average Bonchev–Trinajstić information content (AvgIpc) is 3.20. The summed E-state index contributed by atoms with van der Waals surface area (Å²) in [6, 6.07) is 15.6. The van der Waals surface area contributed by atoms with E-state index in [0.29, 0.717) is 12.0 Å². The zero-order valence-electron chi connectivity index (χ0n) is 16.8. The quantitative estimate of drug-likeness (QED) is 0.784. The molecule has 2 aliphatic heterocycles. The second-order valence-corrected chi connectivity index (χ2v) is 7.61. The summed E-state index contributed by atoms with van der Waals surface area (Å²) in [6.45, 7) is 4.81. The predicted octanol–water partition coefficient (Wildman–Crippen LogP) is 2.78. The van der Waals surface area contributed by atoms with Gasteiger partial charge in [0.1, 0.15) is 5.75 Å². The minimum absolute atomic E-state index is 0.0633. The number of methoxy groups -OCH3 is 1. The van der Waals surface area contributed by atoms with E-state index in [1.54, 1.807) is 12.0 Å². The van der Waals surface area contributed by atoms with Crippen LogP contribution in [0.4, 0.5) is 5.69 Å².